The Morgan fingerprint density at radius 3 is 1.19 bits per heavy atom. The average Bonchev–Trinajstić information content (AvgIpc) is 3.00. The molecule has 10 nitrogen and oxygen atoms in total. The van der Waals surface area contributed by atoms with Gasteiger partial charge >= 0.3 is 11.9 Å². The van der Waals surface area contributed by atoms with Crippen LogP contribution in [0.25, 0.3) is 0 Å². The zero-order chi connectivity index (χ0) is 29.9. The van der Waals surface area contributed by atoms with Crippen LogP contribution in [0.5, 0.6) is 0 Å². The number of hydrogen-bond acceptors (Lipinski definition) is 10. The number of esters is 2. The van der Waals surface area contributed by atoms with Crippen molar-refractivity contribution in [3.05, 3.63) is 59.7 Å². The van der Waals surface area contributed by atoms with Crippen molar-refractivity contribution in [2.24, 2.45) is 0 Å². The maximum Gasteiger partial charge on any atom is 0.320 e. The number of anilines is 2. The van der Waals surface area contributed by atoms with Crippen LogP contribution < -0.4 is 9.80 Å². The number of rotatable bonds is 13. The van der Waals surface area contributed by atoms with Crippen LogP contribution in [0.3, 0.4) is 0 Å². The van der Waals surface area contributed by atoms with Gasteiger partial charge in [-0.2, -0.15) is 0 Å². The standard InChI is InChI=1S/C32H42N4O6/c1-25(37)27-5-9-29(10-6-27)35-17-13-33(14-18-35)23-31(39)41-21-3-4-22-42-32(40)24-34-15-19-36(20-16-34)30-11-7-28(8-12-30)26(2)38/h5-12H,3-4,13-24H2,1-2H3. The Kier molecular flexibility index (Phi) is 11.5. The molecule has 2 heterocycles. The Bertz CT molecular complexity index is 1110. The highest BCUT2D eigenvalue weighted by atomic mass is 16.5. The Labute approximate surface area is 248 Å². The first-order valence-electron chi connectivity index (χ1n) is 14.8. The zero-order valence-corrected chi connectivity index (χ0v) is 24.8. The van der Waals surface area contributed by atoms with Gasteiger partial charge in [0.25, 0.3) is 0 Å². The lowest BCUT2D eigenvalue weighted by molar-refractivity contribution is -0.147. The van der Waals surface area contributed by atoms with Crippen LogP contribution in [-0.4, -0.2) is 112 Å². The molecule has 2 aromatic rings. The first-order valence-corrected chi connectivity index (χ1v) is 14.8. The molecule has 0 N–H and O–H groups in total. The number of ketones is 2. The molecule has 0 aromatic heterocycles. The van der Waals surface area contributed by atoms with Crippen LogP contribution in [0.15, 0.2) is 48.5 Å². The Balaban J connectivity index is 1.01. The Hall–Kier alpha value is -3.76. The van der Waals surface area contributed by atoms with Crippen molar-refractivity contribution >= 4 is 34.9 Å². The van der Waals surface area contributed by atoms with Gasteiger partial charge < -0.3 is 19.3 Å². The van der Waals surface area contributed by atoms with E-state index < -0.39 is 0 Å². The lowest BCUT2D eigenvalue weighted by atomic mass is 10.1. The molecule has 4 rings (SSSR count). The lowest BCUT2D eigenvalue weighted by Crippen LogP contribution is -2.48. The van der Waals surface area contributed by atoms with E-state index in [0.717, 1.165) is 63.7 Å². The molecule has 2 saturated heterocycles. The van der Waals surface area contributed by atoms with Gasteiger partial charge in [0.1, 0.15) is 0 Å². The maximum absolute atomic E-state index is 12.3. The third-order valence-electron chi connectivity index (χ3n) is 7.79. The summed E-state index contributed by atoms with van der Waals surface area (Å²) in [7, 11) is 0. The minimum atomic E-state index is -0.236. The first kappa shape index (κ1) is 31.2. The minimum Gasteiger partial charge on any atom is -0.465 e. The number of benzene rings is 2. The third kappa shape index (κ3) is 9.39. The summed E-state index contributed by atoms with van der Waals surface area (Å²) in [4.78, 5) is 56.2. The summed E-state index contributed by atoms with van der Waals surface area (Å²) in [6.45, 7) is 10.6. The van der Waals surface area contributed by atoms with E-state index in [9.17, 15) is 19.2 Å². The van der Waals surface area contributed by atoms with Gasteiger partial charge in [0.15, 0.2) is 11.6 Å². The van der Waals surface area contributed by atoms with E-state index in [1.54, 1.807) is 13.8 Å². The summed E-state index contributed by atoms with van der Waals surface area (Å²) in [6, 6.07) is 15.3. The number of hydrogen-bond donors (Lipinski definition) is 0. The number of carbonyl (C=O) groups is 4. The molecule has 42 heavy (non-hydrogen) atoms. The van der Waals surface area contributed by atoms with Crippen LogP contribution in [-0.2, 0) is 19.1 Å². The molecule has 0 radical (unpaired) electrons. The fourth-order valence-corrected chi connectivity index (χ4v) is 5.17. The molecule has 0 aliphatic carbocycles. The summed E-state index contributed by atoms with van der Waals surface area (Å²) in [5.74, 6) is -0.355. The smallest absolute Gasteiger partial charge is 0.320 e. The van der Waals surface area contributed by atoms with Crippen LogP contribution in [0, 0.1) is 0 Å². The second kappa shape index (κ2) is 15.5. The molecule has 2 aliphatic heterocycles. The predicted molar refractivity (Wildman–Crippen MR) is 161 cm³/mol. The summed E-state index contributed by atoms with van der Waals surface area (Å²) in [5.41, 5.74) is 3.58. The van der Waals surface area contributed by atoms with Gasteiger partial charge in [-0.15, -0.1) is 0 Å². The zero-order valence-electron chi connectivity index (χ0n) is 24.8. The van der Waals surface area contributed by atoms with Crippen molar-refractivity contribution < 1.29 is 28.7 Å². The summed E-state index contributed by atoms with van der Waals surface area (Å²) in [5, 5.41) is 0. The van der Waals surface area contributed by atoms with Crippen LogP contribution in [0.2, 0.25) is 0 Å². The maximum atomic E-state index is 12.3. The fraction of sp³-hybridized carbons (Fsp3) is 0.500. The van der Waals surface area contributed by atoms with Gasteiger partial charge in [-0.25, -0.2) is 0 Å². The quantitative estimate of drug-likeness (QED) is 0.200. The lowest BCUT2D eigenvalue weighted by Gasteiger charge is -2.35. The Morgan fingerprint density at radius 2 is 0.881 bits per heavy atom. The summed E-state index contributed by atoms with van der Waals surface area (Å²) in [6.07, 6.45) is 1.29. The number of nitrogens with zero attached hydrogens (tertiary/aromatic N) is 4. The summed E-state index contributed by atoms with van der Waals surface area (Å²) >= 11 is 0. The molecule has 0 bridgehead atoms. The molecule has 0 saturated carbocycles. The van der Waals surface area contributed by atoms with Gasteiger partial charge in [-0.1, -0.05) is 0 Å². The van der Waals surface area contributed by atoms with Crippen molar-refractivity contribution in [2.75, 3.05) is 88.5 Å². The molecule has 0 atom stereocenters. The van der Waals surface area contributed by atoms with E-state index in [0.29, 0.717) is 37.2 Å². The van der Waals surface area contributed by atoms with Crippen molar-refractivity contribution in [1.82, 2.24) is 9.80 Å². The average molecular weight is 579 g/mol. The molecular formula is C32H42N4O6. The topological polar surface area (TPSA) is 99.7 Å². The molecule has 2 aliphatic rings. The van der Waals surface area contributed by atoms with Crippen molar-refractivity contribution in [3.8, 4) is 0 Å². The van der Waals surface area contributed by atoms with Gasteiger partial charge in [-0.3, -0.25) is 29.0 Å². The van der Waals surface area contributed by atoms with Crippen molar-refractivity contribution in [3.63, 3.8) is 0 Å². The minimum absolute atomic E-state index is 0.0586. The van der Waals surface area contributed by atoms with Crippen molar-refractivity contribution in [2.45, 2.75) is 26.7 Å². The molecule has 2 aromatic carbocycles. The highest BCUT2D eigenvalue weighted by Crippen LogP contribution is 2.19. The van der Waals surface area contributed by atoms with E-state index in [2.05, 4.69) is 19.6 Å². The van der Waals surface area contributed by atoms with Gasteiger partial charge in [0, 0.05) is 74.9 Å². The molecule has 226 valence electrons. The Morgan fingerprint density at radius 1 is 0.548 bits per heavy atom. The molecule has 2 fully saturated rings. The predicted octanol–water partition coefficient (Wildman–Crippen LogP) is 2.90. The number of piperazine rings is 2. The second-order valence-corrected chi connectivity index (χ2v) is 10.9. The largest absolute Gasteiger partial charge is 0.465 e. The highest BCUT2D eigenvalue weighted by molar-refractivity contribution is 5.94. The highest BCUT2D eigenvalue weighted by Gasteiger charge is 2.21. The molecular weight excluding hydrogens is 536 g/mol. The van der Waals surface area contributed by atoms with Crippen LogP contribution in [0.4, 0.5) is 11.4 Å². The molecule has 0 spiro atoms. The van der Waals surface area contributed by atoms with Gasteiger partial charge in [-0.05, 0) is 75.2 Å². The van der Waals surface area contributed by atoms with Crippen LogP contribution in [0.1, 0.15) is 47.4 Å². The number of ether oxygens (including phenoxy) is 2. The van der Waals surface area contributed by atoms with Crippen molar-refractivity contribution in [1.29, 1.82) is 0 Å². The SMILES string of the molecule is CC(=O)c1ccc(N2CCN(CC(=O)OCCCCOC(=O)CN3CCN(c4ccc(C(C)=O)cc4)CC3)CC2)cc1. The van der Waals surface area contributed by atoms with E-state index in [-0.39, 0.29) is 36.6 Å². The van der Waals surface area contributed by atoms with E-state index in [1.807, 2.05) is 48.5 Å². The third-order valence-corrected chi connectivity index (χ3v) is 7.79. The normalized spacial score (nSPS) is 16.2. The van der Waals surface area contributed by atoms with E-state index >= 15 is 0 Å². The molecule has 0 unspecified atom stereocenters. The number of carbonyl (C=O) groups excluding carboxylic acids is 4. The van der Waals surface area contributed by atoms with Gasteiger partial charge in [0.2, 0.25) is 0 Å². The molecule has 10 heteroatoms. The monoisotopic (exact) mass is 578 g/mol. The molecule has 0 amide bonds. The number of Topliss-reactive ketones (excluding diaryl/α,β-unsaturated/α-hetero) is 2. The van der Waals surface area contributed by atoms with Crippen LogP contribution >= 0.6 is 0 Å². The first-order chi connectivity index (χ1) is 20.3. The summed E-state index contributed by atoms with van der Waals surface area (Å²) < 4.78 is 10.8. The fourth-order valence-electron chi connectivity index (χ4n) is 5.17. The number of unbranched alkanes of at least 4 members (excludes halogenated alkanes) is 1. The van der Waals surface area contributed by atoms with E-state index in [4.69, 9.17) is 9.47 Å². The second-order valence-electron chi connectivity index (χ2n) is 10.9. The van der Waals surface area contributed by atoms with E-state index in [1.165, 1.54) is 0 Å². The van der Waals surface area contributed by atoms with Gasteiger partial charge in [0.05, 0.1) is 26.3 Å².